The Morgan fingerprint density at radius 3 is 2.20 bits per heavy atom. The molecule has 3 fully saturated rings. The van der Waals surface area contributed by atoms with Gasteiger partial charge in [-0.1, -0.05) is 24.3 Å². The molecule has 9 heteroatoms. The summed E-state index contributed by atoms with van der Waals surface area (Å²) in [5.41, 5.74) is 3.14. The summed E-state index contributed by atoms with van der Waals surface area (Å²) >= 11 is 0. The van der Waals surface area contributed by atoms with Gasteiger partial charge in [-0.25, -0.2) is 9.59 Å². The van der Waals surface area contributed by atoms with Crippen molar-refractivity contribution in [2.45, 2.75) is 77.4 Å². The molecule has 2 saturated heterocycles. The van der Waals surface area contributed by atoms with Crippen molar-refractivity contribution in [1.29, 1.82) is 0 Å². The number of nitrogens with zero attached hydrogens (tertiary/aromatic N) is 3. The van der Waals surface area contributed by atoms with Crippen LogP contribution in [0.5, 0.6) is 0 Å². The van der Waals surface area contributed by atoms with Crippen LogP contribution >= 0.6 is 0 Å². The number of carbonyl (C=O) groups is 3. The standard InChI is InChI=1S/C37H51N3O6/c1-5-45-35(42)31-10-8-27(9-11-31)7-6-18-38-19-16-28(17-20-38)26-40(36(43)46-37(2,3)4)33-25-32(33)29-12-14-30(15-13-29)34(41)39-21-23-44-24-22-39/h8-15,28,32-33H,5-7,16-26H2,1-4H3. The number of aryl methyl sites for hydroxylation is 1. The molecule has 1 saturated carbocycles. The largest absolute Gasteiger partial charge is 0.462 e. The molecule has 46 heavy (non-hydrogen) atoms. The molecule has 2 aliphatic heterocycles. The molecule has 0 radical (unpaired) electrons. The highest BCUT2D eigenvalue weighted by atomic mass is 16.6. The average molecular weight is 634 g/mol. The van der Waals surface area contributed by atoms with Crippen molar-refractivity contribution >= 4 is 18.0 Å². The normalized spacial score (nSPS) is 20.7. The highest BCUT2D eigenvalue weighted by molar-refractivity contribution is 5.94. The summed E-state index contributed by atoms with van der Waals surface area (Å²) in [7, 11) is 0. The zero-order chi connectivity index (χ0) is 32.7. The molecular formula is C37H51N3O6. The third kappa shape index (κ3) is 9.32. The maximum atomic E-state index is 13.4. The second-order valence-electron chi connectivity index (χ2n) is 13.9. The van der Waals surface area contributed by atoms with Gasteiger partial charge in [0.25, 0.3) is 5.91 Å². The molecule has 3 aliphatic rings. The van der Waals surface area contributed by atoms with Gasteiger partial charge in [-0.3, -0.25) is 4.79 Å². The van der Waals surface area contributed by atoms with E-state index in [0.29, 0.717) is 56.5 Å². The first kappa shape index (κ1) is 33.9. The van der Waals surface area contributed by atoms with Crippen molar-refractivity contribution in [3.63, 3.8) is 0 Å². The van der Waals surface area contributed by atoms with E-state index in [2.05, 4.69) is 17.0 Å². The quantitative estimate of drug-likeness (QED) is 0.290. The van der Waals surface area contributed by atoms with Gasteiger partial charge in [0, 0.05) is 37.2 Å². The first-order valence-electron chi connectivity index (χ1n) is 17.1. The third-order valence-electron chi connectivity index (χ3n) is 9.24. The monoisotopic (exact) mass is 633 g/mol. The summed E-state index contributed by atoms with van der Waals surface area (Å²) in [6.07, 6.45) is 4.84. The van der Waals surface area contributed by atoms with Gasteiger partial charge in [0.05, 0.1) is 25.4 Å². The van der Waals surface area contributed by atoms with Crippen LogP contribution in [0.25, 0.3) is 0 Å². The van der Waals surface area contributed by atoms with Gasteiger partial charge in [0.1, 0.15) is 5.60 Å². The molecule has 0 aromatic heterocycles. The van der Waals surface area contributed by atoms with E-state index >= 15 is 0 Å². The lowest BCUT2D eigenvalue weighted by molar-refractivity contribution is 0.0171. The average Bonchev–Trinajstić information content (AvgIpc) is 3.85. The van der Waals surface area contributed by atoms with Crippen molar-refractivity contribution in [3.05, 3.63) is 70.8 Å². The van der Waals surface area contributed by atoms with Crippen molar-refractivity contribution in [3.8, 4) is 0 Å². The summed E-state index contributed by atoms with van der Waals surface area (Å²) < 4.78 is 16.3. The van der Waals surface area contributed by atoms with Gasteiger partial charge in [-0.15, -0.1) is 0 Å². The van der Waals surface area contributed by atoms with E-state index in [1.807, 2.05) is 73.9 Å². The molecule has 250 valence electrons. The summed E-state index contributed by atoms with van der Waals surface area (Å²) in [6.45, 7) is 14.2. The highest BCUT2D eigenvalue weighted by Crippen LogP contribution is 2.46. The van der Waals surface area contributed by atoms with Crippen molar-refractivity contribution in [2.75, 3.05) is 59.1 Å². The fraction of sp³-hybridized carbons (Fsp3) is 0.595. The number of carbonyl (C=O) groups excluding carboxylic acids is 3. The lowest BCUT2D eigenvalue weighted by Crippen LogP contribution is -2.44. The van der Waals surface area contributed by atoms with E-state index < -0.39 is 5.60 Å². The number of piperidine rings is 1. The van der Waals surface area contributed by atoms with Crippen LogP contribution in [0.3, 0.4) is 0 Å². The topological polar surface area (TPSA) is 88.6 Å². The van der Waals surface area contributed by atoms with Crippen molar-refractivity contribution in [2.24, 2.45) is 5.92 Å². The Morgan fingerprint density at radius 1 is 0.913 bits per heavy atom. The molecule has 0 spiro atoms. The van der Waals surface area contributed by atoms with E-state index in [1.165, 1.54) is 11.1 Å². The van der Waals surface area contributed by atoms with Crippen LogP contribution in [0.15, 0.2) is 48.5 Å². The zero-order valence-electron chi connectivity index (χ0n) is 28.0. The number of morpholine rings is 1. The Morgan fingerprint density at radius 2 is 1.57 bits per heavy atom. The Kier molecular flexibility index (Phi) is 11.4. The fourth-order valence-corrected chi connectivity index (χ4v) is 6.57. The maximum absolute atomic E-state index is 13.4. The Labute approximate surface area is 274 Å². The zero-order valence-corrected chi connectivity index (χ0v) is 28.0. The molecule has 2 amide bonds. The summed E-state index contributed by atoms with van der Waals surface area (Å²) in [5.74, 6) is 0.472. The molecule has 0 N–H and O–H groups in total. The number of likely N-dealkylation sites (tertiary alicyclic amines) is 1. The number of hydrogen-bond acceptors (Lipinski definition) is 7. The van der Waals surface area contributed by atoms with E-state index in [-0.39, 0.29) is 29.9 Å². The molecule has 2 atom stereocenters. The lowest BCUT2D eigenvalue weighted by Gasteiger charge is -2.36. The minimum atomic E-state index is -0.552. The first-order chi connectivity index (χ1) is 22.1. The molecule has 2 aromatic rings. The van der Waals surface area contributed by atoms with Gasteiger partial charge < -0.3 is 28.9 Å². The number of ether oxygens (including phenoxy) is 3. The van der Waals surface area contributed by atoms with Gasteiger partial charge in [-0.2, -0.15) is 0 Å². The van der Waals surface area contributed by atoms with Crippen LogP contribution in [0.4, 0.5) is 4.79 Å². The third-order valence-corrected chi connectivity index (χ3v) is 9.24. The number of amides is 2. The van der Waals surface area contributed by atoms with Crippen LogP contribution in [0.2, 0.25) is 0 Å². The predicted octanol–water partition coefficient (Wildman–Crippen LogP) is 5.77. The van der Waals surface area contributed by atoms with Crippen LogP contribution in [0, 0.1) is 5.92 Å². The molecule has 2 aromatic carbocycles. The van der Waals surface area contributed by atoms with Crippen molar-refractivity contribution < 1.29 is 28.6 Å². The van der Waals surface area contributed by atoms with Gasteiger partial charge in [0.2, 0.25) is 0 Å². The second kappa shape index (κ2) is 15.4. The number of benzene rings is 2. The molecule has 2 heterocycles. The van der Waals surface area contributed by atoms with E-state index in [4.69, 9.17) is 14.2 Å². The fourth-order valence-electron chi connectivity index (χ4n) is 6.57. The van der Waals surface area contributed by atoms with Gasteiger partial charge in [0.15, 0.2) is 0 Å². The number of esters is 1. The van der Waals surface area contributed by atoms with E-state index in [1.54, 1.807) is 0 Å². The first-order valence-corrected chi connectivity index (χ1v) is 17.1. The Bertz CT molecular complexity index is 1310. The lowest BCUT2D eigenvalue weighted by atomic mass is 9.95. The minimum absolute atomic E-state index is 0.0496. The summed E-state index contributed by atoms with van der Waals surface area (Å²) in [5, 5.41) is 0. The highest BCUT2D eigenvalue weighted by Gasteiger charge is 2.46. The summed E-state index contributed by atoms with van der Waals surface area (Å²) in [4.78, 5) is 44.6. The maximum Gasteiger partial charge on any atom is 0.410 e. The molecule has 0 bridgehead atoms. The molecular weight excluding hydrogens is 582 g/mol. The van der Waals surface area contributed by atoms with E-state index in [9.17, 15) is 14.4 Å². The molecule has 1 aliphatic carbocycles. The van der Waals surface area contributed by atoms with Crippen LogP contribution in [-0.4, -0.2) is 103 Å². The molecule has 5 rings (SSSR count). The second-order valence-corrected chi connectivity index (χ2v) is 13.9. The van der Waals surface area contributed by atoms with Crippen LogP contribution < -0.4 is 0 Å². The minimum Gasteiger partial charge on any atom is -0.462 e. The number of hydrogen-bond donors (Lipinski definition) is 0. The van der Waals surface area contributed by atoms with Gasteiger partial charge >= 0.3 is 12.1 Å². The van der Waals surface area contributed by atoms with E-state index in [0.717, 1.165) is 51.7 Å². The van der Waals surface area contributed by atoms with Crippen molar-refractivity contribution in [1.82, 2.24) is 14.7 Å². The summed E-state index contributed by atoms with van der Waals surface area (Å²) in [6, 6.07) is 15.8. The molecule has 9 nitrogen and oxygen atoms in total. The SMILES string of the molecule is CCOC(=O)c1ccc(CCCN2CCC(CN(C(=O)OC(C)(C)C)C3CC3c3ccc(C(=O)N4CCOCC4)cc3)CC2)cc1. The predicted molar refractivity (Wildman–Crippen MR) is 177 cm³/mol. The smallest absolute Gasteiger partial charge is 0.410 e. The Balaban J connectivity index is 1.11. The number of rotatable bonds is 11. The van der Waals surface area contributed by atoms with Gasteiger partial charge in [-0.05, 0) is 121 Å². The van der Waals surface area contributed by atoms with Crippen LogP contribution in [0.1, 0.15) is 91.1 Å². The van der Waals surface area contributed by atoms with Crippen LogP contribution in [-0.2, 0) is 20.6 Å². The molecule has 2 unspecified atom stereocenters. The Hall–Kier alpha value is -3.43.